The lowest BCUT2D eigenvalue weighted by molar-refractivity contribution is -0.137. The van der Waals surface area contributed by atoms with Crippen molar-refractivity contribution in [2.45, 2.75) is 45.4 Å². The summed E-state index contributed by atoms with van der Waals surface area (Å²) >= 11 is 0. The Hall–Kier alpha value is -3.29. The number of rotatable bonds is 4. The minimum atomic E-state index is -4.47. The average Bonchev–Trinajstić information content (AvgIpc) is 3.42. The van der Waals surface area contributed by atoms with Crippen molar-refractivity contribution < 1.29 is 22.4 Å². The summed E-state index contributed by atoms with van der Waals surface area (Å²) in [6, 6.07) is 9.18. The third-order valence-corrected chi connectivity index (χ3v) is 5.43. The van der Waals surface area contributed by atoms with Gasteiger partial charge in [0.15, 0.2) is 0 Å². The first-order valence-corrected chi connectivity index (χ1v) is 10.2. The molecule has 31 heavy (non-hydrogen) atoms. The van der Waals surface area contributed by atoms with E-state index in [-0.39, 0.29) is 17.7 Å². The molecule has 1 aliphatic rings. The molecule has 0 radical (unpaired) electrons. The maximum atomic E-state index is 13.2. The van der Waals surface area contributed by atoms with Crippen LogP contribution in [0, 0.1) is 0 Å². The third kappa shape index (κ3) is 3.56. The van der Waals surface area contributed by atoms with Gasteiger partial charge < -0.3 is 14.2 Å². The Labute approximate surface area is 176 Å². The van der Waals surface area contributed by atoms with E-state index in [0.717, 1.165) is 47.9 Å². The van der Waals surface area contributed by atoms with Crippen LogP contribution < -0.4 is 4.74 Å². The molecular formula is C23H20F3N3O2. The molecule has 0 bridgehead atoms. The number of nitrogens with one attached hydrogen (secondary N) is 1. The zero-order valence-electron chi connectivity index (χ0n) is 17.0. The molecule has 2 aromatic carbocycles. The summed E-state index contributed by atoms with van der Waals surface area (Å²) in [5, 5.41) is 5.21. The van der Waals surface area contributed by atoms with Crippen LogP contribution in [0.2, 0.25) is 0 Å². The number of aryl methyl sites for hydroxylation is 2. The van der Waals surface area contributed by atoms with Gasteiger partial charge in [0.2, 0.25) is 5.82 Å². The first-order chi connectivity index (χ1) is 14.8. The van der Waals surface area contributed by atoms with Gasteiger partial charge >= 0.3 is 6.18 Å². The molecule has 2 heterocycles. The number of ether oxygens (including phenoxy) is 1. The van der Waals surface area contributed by atoms with Gasteiger partial charge in [0.25, 0.3) is 5.89 Å². The Morgan fingerprint density at radius 2 is 1.94 bits per heavy atom. The van der Waals surface area contributed by atoms with Crippen LogP contribution in [0.5, 0.6) is 5.75 Å². The quantitative estimate of drug-likeness (QED) is 0.422. The lowest BCUT2D eigenvalue weighted by Crippen LogP contribution is -2.10. The molecule has 0 spiro atoms. The number of halogens is 3. The molecule has 4 aromatic rings. The van der Waals surface area contributed by atoms with Gasteiger partial charge in [-0.3, -0.25) is 0 Å². The molecule has 0 fully saturated rings. The van der Waals surface area contributed by atoms with Crippen LogP contribution in [0.25, 0.3) is 33.7 Å². The predicted molar refractivity (Wildman–Crippen MR) is 110 cm³/mol. The molecule has 5 rings (SSSR count). The van der Waals surface area contributed by atoms with Crippen LogP contribution in [0.15, 0.2) is 40.9 Å². The minimum absolute atomic E-state index is 0.0546. The number of alkyl halides is 3. The number of benzene rings is 2. The van der Waals surface area contributed by atoms with Crippen LogP contribution >= 0.6 is 0 Å². The van der Waals surface area contributed by atoms with Crippen LogP contribution in [-0.4, -0.2) is 21.2 Å². The summed E-state index contributed by atoms with van der Waals surface area (Å²) < 4.78 is 50.5. The average molecular weight is 427 g/mol. The highest BCUT2D eigenvalue weighted by Crippen LogP contribution is 2.38. The van der Waals surface area contributed by atoms with Crippen LogP contribution in [0.1, 0.15) is 37.1 Å². The number of nitrogens with zero attached hydrogens (tertiary/aromatic N) is 2. The second-order valence-corrected chi connectivity index (χ2v) is 7.99. The smallest absolute Gasteiger partial charge is 0.416 e. The number of fused-ring (bicyclic) bond motifs is 3. The number of hydrogen-bond acceptors (Lipinski definition) is 4. The van der Waals surface area contributed by atoms with Gasteiger partial charge in [-0.2, -0.15) is 18.2 Å². The second-order valence-electron chi connectivity index (χ2n) is 7.99. The van der Waals surface area contributed by atoms with Gasteiger partial charge in [-0.15, -0.1) is 0 Å². The Bertz CT molecular complexity index is 1270. The summed E-state index contributed by atoms with van der Waals surface area (Å²) in [7, 11) is 0. The predicted octanol–water partition coefficient (Wildman–Crippen LogP) is 6.18. The summed E-state index contributed by atoms with van der Waals surface area (Å²) in [5.41, 5.74) is 4.00. The van der Waals surface area contributed by atoms with Crippen molar-refractivity contribution in [3.8, 4) is 28.6 Å². The van der Waals surface area contributed by atoms with Crippen molar-refractivity contribution >= 4 is 10.9 Å². The molecule has 0 saturated carbocycles. The number of aromatic amines is 1. The Morgan fingerprint density at radius 3 is 2.71 bits per heavy atom. The molecule has 5 nitrogen and oxygen atoms in total. The van der Waals surface area contributed by atoms with E-state index in [1.807, 2.05) is 18.2 Å². The van der Waals surface area contributed by atoms with Crippen molar-refractivity contribution in [3.05, 3.63) is 53.2 Å². The first-order valence-electron chi connectivity index (χ1n) is 10.2. The Morgan fingerprint density at radius 1 is 1.10 bits per heavy atom. The lowest BCUT2D eigenvalue weighted by Gasteiger charge is -2.15. The van der Waals surface area contributed by atoms with E-state index in [9.17, 15) is 13.2 Å². The van der Waals surface area contributed by atoms with Crippen molar-refractivity contribution in [3.63, 3.8) is 0 Å². The summed E-state index contributed by atoms with van der Waals surface area (Å²) in [6.45, 7) is 3.49. The molecule has 1 N–H and O–H groups in total. The molecule has 8 heteroatoms. The number of aromatic nitrogens is 3. The Balaban J connectivity index is 1.54. The van der Waals surface area contributed by atoms with Gasteiger partial charge in [0.05, 0.1) is 17.2 Å². The van der Waals surface area contributed by atoms with E-state index >= 15 is 0 Å². The van der Waals surface area contributed by atoms with Crippen LogP contribution in [0.3, 0.4) is 0 Å². The molecule has 0 atom stereocenters. The van der Waals surface area contributed by atoms with E-state index in [4.69, 9.17) is 9.26 Å². The third-order valence-electron chi connectivity index (χ3n) is 5.43. The molecule has 0 unspecified atom stereocenters. The highest BCUT2D eigenvalue weighted by atomic mass is 19.4. The van der Waals surface area contributed by atoms with Crippen LogP contribution in [-0.2, 0) is 19.0 Å². The van der Waals surface area contributed by atoms with Crippen molar-refractivity contribution in [2.24, 2.45) is 0 Å². The maximum Gasteiger partial charge on any atom is 0.416 e. The summed E-state index contributed by atoms with van der Waals surface area (Å²) in [4.78, 5) is 7.90. The molecule has 0 amide bonds. The normalized spacial score (nSPS) is 13.9. The maximum absolute atomic E-state index is 13.2. The number of hydrogen-bond donors (Lipinski definition) is 1. The van der Waals surface area contributed by atoms with Gasteiger partial charge in [-0.05, 0) is 75.1 Å². The summed E-state index contributed by atoms with van der Waals surface area (Å²) in [6.07, 6.45) is -1.56. The Kier molecular flexibility index (Phi) is 4.53. The van der Waals surface area contributed by atoms with Crippen LogP contribution in [0.4, 0.5) is 13.2 Å². The van der Waals surface area contributed by atoms with Gasteiger partial charge in [-0.25, -0.2) is 0 Å². The largest absolute Gasteiger partial charge is 0.490 e. The minimum Gasteiger partial charge on any atom is -0.490 e. The molecule has 1 aliphatic carbocycles. The molecular weight excluding hydrogens is 407 g/mol. The monoisotopic (exact) mass is 427 g/mol. The highest BCUT2D eigenvalue weighted by Gasteiger charge is 2.32. The molecule has 0 saturated heterocycles. The van der Waals surface area contributed by atoms with E-state index < -0.39 is 11.7 Å². The van der Waals surface area contributed by atoms with Crippen molar-refractivity contribution in [1.82, 2.24) is 15.1 Å². The fraction of sp³-hybridized carbons (Fsp3) is 0.304. The summed E-state index contributed by atoms with van der Waals surface area (Å²) in [5.74, 6) is 0.540. The lowest BCUT2D eigenvalue weighted by atomic mass is 10.1. The van der Waals surface area contributed by atoms with E-state index in [2.05, 4.69) is 15.1 Å². The molecule has 160 valence electrons. The highest BCUT2D eigenvalue weighted by molar-refractivity contribution is 5.89. The van der Waals surface area contributed by atoms with Crippen molar-refractivity contribution in [2.75, 3.05) is 0 Å². The fourth-order valence-electron chi connectivity index (χ4n) is 4.06. The first kappa shape index (κ1) is 19.7. The van der Waals surface area contributed by atoms with Gasteiger partial charge in [0, 0.05) is 22.2 Å². The fourth-order valence-corrected chi connectivity index (χ4v) is 4.06. The van der Waals surface area contributed by atoms with Crippen molar-refractivity contribution in [1.29, 1.82) is 0 Å². The van der Waals surface area contributed by atoms with Gasteiger partial charge in [-0.1, -0.05) is 5.16 Å². The SMILES string of the molecule is CC(C)Oc1cc(C(F)(F)F)ccc1-c1nc(-c2ccc3[nH]c4c(c3c2)CCC4)no1. The molecule has 0 aliphatic heterocycles. The standard InChI is InChI=1S/C23H20F3N3O2/c1-12(2)30-20-11-14(23(24,25)26)7-8-16(20)22-28-21(29-31-22)13-6-9-19-17(10-13)15-4-3-5-18(15)27-19/h6-12,27H,3-5H2,1-2H3. The second kappa shape index (κ2) is 7.14. The topological polar surface area (TPSA) is 63.9 Å². The van der Waals surface area contributed by atoms with Gasteiger partial charge in [0.1, 0.15) is 5.75 Å². The molecule has 2 aromatic heterocycles. The number of H-pyrrole nitrogens is 1. The zero-order valence-corrected chi connectivity index (χ0v) is 17.0. The van der Waals surface area contributed by atoms with E-state index in [1.165, 1.54) is 17.3 Å². The van der Waals surface area contributed by atoms with E-state index in [0.29, 0.717) is 11.4 Å². The zero-order chi connectivity index (χ0) is 21.8. The van der Waals surface area contributed by atoms with E-state index in [1.54, 1.807) is 13.8 Å².